The summed E-state index contributed by atoms with van der Waals surface area (Å²) in [6.07, 6.45) is 6.20. The van der Waals surface area contributed by atoms with Crippen molar-refractivity contribution >= 4 is 12.0 Å². The number of aliphatic carboxylic acids is 1. The van der Waals surface area contributed by atoms with Gasteiger partial charge in [-0.1, -0.05) is 13.3 Å². The quantitative estimate of drug-likeness (QED) is 0.751. The lowest BCUT2D eigenvalue weighted by Gasteiger charge is -2.32. The molecule has 1 saturated heterocycles. The first-order valence-electron chi connectivity index (χ1n) is 7.91. The molecule has 2 rings (SSSR count). The molecule has 1 aliphatic heterocycles. The van der Waals surface area contributed by atoms with Crippen molar-refractivity contribution in [2.75, 3.05) is 26.2 Å². The third-order valence-electron chi connectivity index (χ3n) is 4.52. The predicted molar refractivity (Wildman–Crippen MR) is 78.2 cm³/mol. The Morgan fingerprint density at radius 1 is 1.33 bits per heavy atom. The summed E-state index contributed by atoms with van der Waals surface area (Å²) < 4.78 is 5.27. The van der Waals surface area contributed by atoms with Crippen LogP contribution in [0.4, 0.5) is 4.79 Å². The summed E-state index contributed by atoms with van der Waals surface area (Å²) in [7, 11) is 0. The zero-order valence-electron chi connectivity index (χ0n) is 12.8. The summed E-state index contributed by atoms with van der Waals surface area (Å²) in [6, 6.07) is 0.00839. The second kappa shape index (κ2) is 7.11. The predicted octanol–water partition coefficient (Wildman–Crippen LogP) is 1.84. The van der Waals surface area contributed by atoms with Crippen molar-refractivity contribution in [3.05, 3.63) is 0 Å². The molecule has 6 heteroatoms. The third-order valence-corrected chi connectivity index (χ3v) is 4.52. The number of nitrogens with zero attached hydrogens (tertiary/aromatic N) is 1. The standard InChI is InChI=1S/C15H26N2O4/c1-2-5-15(6-7-15)11-16-14(20)17-8-3-12(4-9-17)21-10-13(18)19/h12H,2-11H2,1H3,(H,16,20)(H,18,19). The molecule has 1 heterocycles. The first-order chi connectivity index (χ1) is 10.0. The Morgan fingerprint density at radius 2 is 2.00 bits per heavy atom. The van der Waals surface area contributed by atoms with Crippen LogP contribution in [0.1, 0.15) is 45.4 Å². The summed E-state index contributed by atoms with van der Waals surface area (Å²) in [4.78, 5) is 24.4. The number of hydrogen-bond acceptors (Lipinski definition) is 3. The zero-order chi connectivity index (χ0) is 15.3. The Hall–Kier alpha value is -1.30. The van der Waals surface area contributed by atoms with Gasteiger partial charge in [0.05, 0.1) is 6.10 Å². The van der Waals surface area contributed by atoms with Gasteiger partial charge in [0.2, 0.25) is 0 Å². The van der Waals surface area contributed by atoms with Crippen LogP contribution in [0.25, 0.3) is 0 Å². The number of ether oxygens (including phenoxy) is 1. The van der Waals surface area contributed by atoms with Crippen LogP contribution >= 0.6 is 0 Å². The van der Waals surface area contributed by atoms with Gasteiger partial charge in [-0.3, -0.25) is 0 Å². The first-order valence-corrected chi connectivity index (χ1v) is 7.91. The van der Waals surface area contributed by atoms with Crippen molar-refractivity contribution in [2.45, 2.75) is 51.6 Å². The van der Waals surface area contributed by atoms with E-state index < -0.39 is 5.97 Å². The summed E-state index contributed by atoms with van der Waals surface area (Å²) in [5, 5.41) is 11.6. The highest BCUT2D eigenvalue weighted by molar-refractivity contribution is 5.74. The molecule has 1 aliphatic carbocycles. The lowest BCUT2D eigenvalue weighted by Crippen LogP contribution is -2.47. The fourth-order valence-electron chi connectivity index (χ4n) is 3.01. The molecule has 0 spiro atoms. The van der Waals surface area contributed by atoms with Crippen molar-refractivity contribution in [1.82, 2.24) is 10.2 Å². The van der Waals surface area contributed by atoms with Crippen molar-refractivity contribution in [2.24, 2.45) is 5.41 Å². The minimum Gasteiger partial charge on any atom is -0.480 e. The average molecular weight is 298 g/mol. The van der Waals surface area contributed by atoms with Crippen LogP contribution in [0.2, 0.25) is 0 Å². The zero-order valence-corrected chi connectivity index (χ0v) is 12.8. The van der Waals surface area contributed by atoms with E-state index in [1.165, 1.54) is 25.7 Å². The van der Waals surface area contributed by atoms with E-state index >= 15 is 0 Å². The van der Waals surface area contributed by atoms with Crippen LogP contribution in [0.3, 0.4) is 0 Å². The molecule has 2 amide bonds. The smallest absolute Gasteiger partial charge is 0.329 e. The lowest BCUT2D eigenvalue weighted by atomic mass is 10.0. The molecule has 0 aromatic carbocycles. The van der Waals surface area contributed by atoms with Crippen LogP contribution in [-0.2, 0) is 9.53 Å². The number of hydrogen-bond donors (Lipinski definition) is 2. The molecular weight excluding hydrogens is 272 g/mol. The Kier molecular flexibility index (Phi) is 5.45. The van der Waals surface area contributed by atoms with E-state index in [0.717, 1.165) is 6.54 Å². The molecular formula is C15H26N2O4. The van der Waals surface area contributed by atoms with Crippen LogP contribution < -0.4 is 5.32 Å². The number of carbonyl (C=O) groups is 2. The van der Waals surface area contributed by atoms with Crippen molar-refractivity contribution in [1.29, 1.82) is 0 Å². The van der Waals surface area contributed by atoms with Crippen molar-refractivity contribution in [3.8, 4) is 0 Å². The van der Waals surface area contributed by atoms with Crippen molar-refractivity contribution < 1.29 is 19.4 Å². The Labute approximate surface area is 125 Å². The maximum atomic E-state index is 12.1. The van der Waals surface area contributed by atoms with Crippen LogP contribution in [0, 0.1) is 5.41 Å². The van der Waals surface area contributed by atoms with E-state index in [1.54, 1.807) is 0 Å². The highest BCUT2D eigenvalue weighted by Gasteiger charge is 2.41. The van der Waals surface area contributed by atoms with Crippen LogP contribution in [0.5, 0.6) is 0 Å². The minimum atomic E-state index is -0.944. The summed E-state index contributed by atoms with van der Waals surface area (Å²) in [5.74, 6) is -0.944. The van der Waals surface area contributed by atoms with Crippen molar-refractivity contribution in [3.63, 3.8) is 0 Å². The SMILES string of the molecule is CCCC1(CNC(=O)N2CCC(OCC(=O)O)CC2)CC1. The van der Waals surface area contributed by atoms with E-state index in [0.29, 0.717) is 31.3 Å². The number of carboxylic acid groups (broad SMARTS) is 1. The molecule has 2 aliphatic rings. The number of likely N-dealkylation sites (tertiary alicyclic amines) is 1. The Balaban J connectivity index is 1.65. The topological polar surface area (TPSA) is 78.9 Å². The second-order valence-electron chi connectivity index (χ2n) is 6.30. The minimum absolute atomic E-state index is 0.00839. The molecule has 0 aromatic rings. The van der Waals surface area contributed by atoms with Gasteiger partial charge in [-0.05, 0) is 37.5 Å². The number of carboxylic acids is 1. The highest BCUT2D eigenvalue weighted by Crippen LogP contribution is 2.48. The molecule has 120 valence electrons. The maximum Gasteiger partial charge on any atom is 0.329 e. The Bertz CT molecular complexity index is 374. The summed E-state index contributed by atoms with van der Waals surface area (Å²) in [5.41, 5.74) is 0.368. The lowest BCUT2D eigenvalue weighted by molar-refractivity contribution is -0.145. The third kappa shape index (κ3) is 4.88. The normalized spacial score (nSPS) is 21.1. The largest absolute Gasteiger partial charge is 0.480 e. The molecule has 2 fully saturated rings. The summed E-state index contributed by atoms with van der Waals surface area (Å²) in [6.45, 7) is 3.99. The van der Waals surface area contributed by atoms with E-state index in [9.17, 15) is 9.59 Å². The van der Waals surface area contributed by atoms with E-state index in [2.05, 4.69) is 12.2 Å². The molecule has 0 atom stereocenters. The molecule has 0 unspecified atom stereocenters. The molecule has 0 radical (unpaired) electrons. The average Bonchev–Trinajstić information content (AvgIpc) is 3.24. The fourth-order valence-corrected chi connectivity index (χ4v) is 3.01. The van der Waals surface area contributed by atoms with Gasteiger partial charge in [0.25, 0.3) is 0 Å². The molecule has 2 N–H and O–H groups in total. The number of nitrogens with one attached hydrogen (secondary N) is 1. The molecule has 0 aromatic heterocycles. The van der Waals surface area contributed by atoms with Gasteiger partial charge in [-0.2, -0.15) is 0 Å². The first kappa shape index (κ1) is 16.1. The van der Waals surface area contributed by atoms with Gasteiger partial charge >= 0.3 is 12.0 Å². The second-order valence-corrected chi connectivity index (χ2v) is 6.30. The van der Waals surface area contributed by atoms with Gasteiger partial charge < -0.3 is 20.1 Å². The van der Waals surface area contributed by atoms with Crippen LogP contribution in [0.15, 0.2) is 0 Å². The van der Waals surface area contributed by atoms with Gasteiger partial charge in [0, 0.05) is 19.6 Å². The fraction of sp³-hybridized carbons (Fsp3) is 0.867. The molecule has 6 nitrogen and oxygen atoms in total. The van der Waals surface area contributed by atoms with E-state index in [-0.39, 0.29) is 18.7 Å². The molecule has 21 heavy (non-hydrogen) atoms. The van der Waals surface area contributed by atoms with E-state index in [1.807, 2.05) is 4.90 Å². The van der Waals surface area contributed by atoms with Crippen LogP contribution in [-0.4, -0.2) is 54.4 Å². The summed E-state index contributed by atoms with van der Waals surface area (Å²) >= 11 is 0. The van der Waals surface area contributed by atoms with Gasteiger partial charge in [-0.25, -0.2) is 9.59 Å². The number of urea groups is 1. The number of rotatable bonds is 7. The van der Waals surface area contributed by atoms with Gasteiger partial charge in [-0.15, -0.1) is 0 Å². The molecule has 1 saturated carbocycles. The number of piperidine rings is 1. The highest BCUT2D eigenvalue weighted by atomic mass is 16.5. The molecule has 0 bridgehead atoms. The Morgan fingerprint density at radius 3 is 2.52 bits per heavy atom. The monoisotopic (exact) mass is 298 g/mol. The maximum absolute atomic E-state index is 12.1. The number of amides is 2. The number of carbonyl (C=O) groups excluding carboxylic acids is 1. The van der Waals surface area contributed by atoms with Gasteiger partial charge in [0.1, 0.15) is 6.61 Å². The van der Waals surface area contributed by atoms with Gasteiger partial charge in [0.15, 0.2) is 0 Å². The van der Waals surface area contributed by atoms with E-state index in [4.69, 9.17) is 9.84 Å².